The second kappa shape index (κ2) is 8.95. The zero-order valence-corrected chi connectivity index (χ0v) is 21.9. The Morgan fingerprint density at radius 3 is 1.94 bits per heavy atom. The van der Waals surface area contributed by atoms with E-state index in [2.05, 4.69) is 33.0 Å². The molecule has 1 N–H and O–H groups in total. The first-order valence-electron chi connectivity index (χ1n) is 12.7. The third-order valence-corrected chi connectivity index (χ3v) is 7.48. The van der Waals surface area contributed by atoms with Crippen LogP contribution in [0.5, 0.6) is 11.5 Å². The molecule has 0 amide bonds. The fourth-order valence-electron chi connectivity index (χ4n) is 5.94. The monoisotopic (exact) mass is 485 g/mol. The number of dihydropyridines is 1. The van der Waals surface area contributed by atoms with Gasteiger partial charge in [0.25, 0.3) is 0 Å². The lowest BCUT2D eigenvalue weighted by atomic mass is 9.64. The van der Waals surface area contributed by atoms with Crippen molar-refractivity contribution < 1.29 is 19.1 Å². The second-order valence-corrected chi connectivity index (χ2v) is 11.9. The van der Waals surface area contributed by atoms with Gasteiger partial charge >= 0.3 is 0 Å². The molecule has 0 atom stereocenters. The van der Waals surface area contributed by atoms with Gasteiger partial charge in [-0.15, -0.1) is 0 Å². The Labute approximate surface area is 213 Å². The van der Waals surface area contributed by atoms with Crippen molar-refractivity contribution in [2.75, 3.05) is 7.11 Å². The zero-order chi connectivity index (χ0) is 25.7. The molecule has 0 unspecified atom stereocenters. The molecule has 3 aliphatic rings. The van der Waals surface area contributed by atoms with Crippen molar-refractivity contribution in [2.45, 2.75) is 65.9 Å². The normalized spacial score (nSPS) is 21.0. The number of methoxy groups -OCH3 is 1. The van der Waals surface area contributed by atoms with Gasteiger partial charge in [0.15, 0.2) is 23.1 Å². The molecule has 2 aromatic rings. The highest BCUT2D eigenvalue weighted by Crippen LogP contribution is 2.51. The molecular formula is C31H35NO4. The lowest BCUT2D eigenvalue weighted by Gasteiger charge is -2.44. The van der Waals surface area contributed by atoms with Crippen molar-refractivity contribution in [1.29, 1.82) is 0 Å². The standard InChI is InChI=1S/C31H35NO4/c1-30(2)14-21-28(23(33)16-30)27(29-22(32-21)15-31(3,4)17-24(29)34)20-11-12-25(26(13-20)35-5)36-18-19-9-7-6-8-10-19/h6-13,27,32H,14-18H2,1-5H3. The van der Waals surface area contributed by atoms with Crippen molar-refractivity contribution in [3.8, 4) is 11.5 Å². The molecular weight excluding hydrogens is 450 g/mol. The third kappa shape index (κ3) is 4.59. The SMILES string of the molecule is COc1cc(C2C3=C(CC(C)(C)CC3=O)NC3=C2C(=O)CC(C)(C)C3)ccc1OCc1ccccc1. The number of rotatable bonds is 5. The molecule has 36 heavy (non-hydrogen) atoms. The maximum atomic E-state index is 13.5. The number of Topliss-reactive ketones (excluding diaryl/α,β-unsaturated/α-hetero) is 2. The van der Waals surface area contributed by atoms with Crippen LogP contribution < -0.4 is 14.8 Å². The summed E-state index contributed by atoms with van der Waals surface area (Å²) in [7, 11) is 1.62. The first-order chi connectivity index (χ1) is 17.1. The van der Waals surface area contributed by atoms with Crippen LogP contribution in [-0.2, 0) is 16.2 Å². The highest BCUT2D eigenvalue weighted by atomic mass is 16.5. The third-order valence-electron chi connectivity index (χ3n) is 7.48. The molecule has 1 aliphatic heterocycles. The Hall–Kier alpha value is -3.34. The molecule has 0 fully saturated rings. The van der Waals surface area contributed by atoms with Crippen LogP contribution in [0.2, 0.25) is 0 Å². The van der Waals surface area contributed by atoms with Gasteiger partial charge in [0.05, 0.1) is 7.11 Å². The first kappa shape index (κ1) is 24.4. The Kier molecular flexibility index (Phi) is 6.06. The molecule has 0 saturated carbocycles. The van der Waals surface area contributed by atoms with Crippen LogP contribution in [0.15, 0.2) is 71.1 Å². The van der Waals surface area contributed by atoms with E-state index in [1.54, 1.807) is 7.11 Å². The van der Waals surface area contributed by atoms with E-state index in [0.29, 0.717) is 30.9 Å². The van der Waals surface area contributed by atoms with Gasteiger partial charge in [0, 0.05) is 41.3 Å². The van der Waals surface area contributed by atoms with E-state index in [1.165, 1.54) is 0 Å². The minimum absolute atomic E-state index is 0.117. The van der Waals surface area contributed by atoms with Gasteiger partial charge in [-0.25, -0.2) is 0 Å². The summed E-state index contributed by atoms with van der Waals surface area (Å²) in [4.78, 5) is 27.1. The molecule has 5 nitrogen and oxygen atoms in total. The van der Waals surface area contributed by atoms with E-state index in [0.717, 1.165) is 46.5 Å². The molecule has 1 heterocycles. The Balaban J connectivity index is 1.57. The Bertz CT molecular complexity index is 1230. The average Bonchev–Trinajstić information content (AvgIpc) is 2.80. The number of hydrogen-bond acceptors (Lipinski definition) is 5. The van der Waals surface area contributed by atoms with Crippen LogP contribution in [0.25, 0.3) is 0 Å². The fraction of sp³-hybridized carbons (Fsp3) is 0.419. The molecule has 5 rings (SSSR count). The number of allylic oxidation sites excluding steroid dienone is 4. The van der Waals surface area contributed by atoms with E-state index in [-0.39, 0.29) is 28.3 Å². The quantitative estimate of drug-likeness (QED) is 0.543. The van der Waals surface area contributed by atoms with Crippen LogP contribution >= 0.6 is 0 Å². The predicted octanol–water partition coefficient (Wildman–Crippen LogP) is 6.25. The van der Waals surface area contributed by atoms with Gasteiger partial charge in [-0.2, -0.15) is 0 Å². The van der Waals surface area contributed by atoms with Crippen molar-refractivity contribution in [3.05, 3.63) is 82.2 Å². The predicted molar refractivity (Wildman–Crippen MR) is 140 cm³/mol. The highest BCUT2D eigenvalue weighted by Gasteiger charge is 2.46. The number of benzene rings is 2. The molecule has 5 heteroatoms. The van der Waals surface area contributed by atoms with Crippen LogP contribution in [0, 0.1) is 10.8 Å². The van der Waals surface area contributed by atoms with Gasteiger partial charge < -0.3 is 14.8 Å². The lowest BCUT2D eigenvalue weighted by molar-refractivity contribution is -0.119. The van der Waals surface area contributed by atoms with Gasteiger partial charge in [-0.05, 0) is 46.9 Å². The number of ether oxygens (including phenoxy) is 2. The minimum Gasteiger partial charge on any atom is -0.493 e. The maximum Gasteiger partial charge on any atom is 0.162 e. The topological polar surface area (TPSA) is 64.6 Å². The molecule has 2 aromatic carbocycles. The van der Waals surface area contributed by atoms with Gasteiger partial charge in [0.2, 0.25) is 0 Å². The van der Waals surface area contributed by atoms with E-state index >= 15 is 0 Å². The van der Waals surface area contributed by atoms with Crippen molar-refractivity contribution in [1.82, 2.24) is 5.32 Å². The molecule has 0 spiro atoms. The fourth-order valence-corrected chi connectivity index (χ4v) is 5.94. The number of carbonyl (C=O) groups is 2. The first-order valence-corrected chi connectivity index (χ1v) is 12.7. The smallest absolute Gasteiger partial charge is 0.162 e. The summed E-state index contributed by atoms with van der Waals surface area (Å²) in [5.41, 5.74) is 5.13. The van der Waals surface area contributed by atoms with E-state index in [1.807, 2.05) is 48.5 Å². The van der Waals surface area contributed by atoms with Crippen LogP contribution in [-0.4, -0.2) is 18.7 Å². The summed E-state index contributed by atoms with van der Waals surface area (Å²) >= 11 is 0. The Morgan fingerprint density at radius 2 is 1.39 bits per heavy atom. The summed E-state index contributed by atoms with van der Waals surface area (Å²) in [6.45, 7) is 8.95. The van der Waals surface area contributed by atoms with Crippen LogP contribution in [0.1, 0.15) is 70.4 Å². The summed E-state index contributed by atoms with van der Waals surface area (Å²) < 4.78 is 11.8. The van der Waals surface area contributed by atoms with Gasteiger partial charge in [-0.3, -0.25) is 9.59 Å². The molecule has 188 valence electrons. The van der Waals surface area contributed by atoms with Crippen LogP contribution in [0.4, 0.5) is 0 Å². The van der Waals surface area contributed by atoms with Gasteiger partial charge in [0.1, 0.15) is 6.61 Å². The van der Waals surface area contributed by atoms with E-state index in [4.69, 9.17) is 9.47 Å². The van der Waals surface area contributed by atoms with Crippen molar-refractivity contribution in [3.63, 3.8) is 0 Å². The van der Waals surface area contributed by atoms with Crippen molar-refractivity contribution >= 4 is 11.6 Å². The van der Waals surface area contributed by atoms with Crippen molar-refractivity contribution in [2.24, 2.45) is 10.8 Å². The minimum atomic E-state index is -0.388. The highest BCUT2D eigenvalue weighted by molar-refractivity contribution is 6.06. The summed E-state index contributed by atoms with van der Waals surface area (Å²) in [5, 5.41) is 3.57. The largest absolute Gasteiger partial charge is 0.493 e. The molecule has 2 aliphatic carbocycles. The molecule has 0 bridgehead atoms. The van der Waals surface area contributed by atoms with Gasteiger partial charge in [-0.1, -0.05) is 64.1 Å². The number of ketones is 2. The molecule has 0 saturated heterocycles. The van der Waals surface area contributed by atoms with E-state index in [9.17, 15) is 9.59 Å². The summed E-state index contributed by atoms with van der Waals surface area (Å²) in [6, 6.07) is 15.8. The average molecular weight is 486 g/mol. The maximum absolute atomic E-state index is 13.5. The number of hydrogen-bond donors (Lipinski definition) is 1. The molecule has 0 aromatic heterocycles. The summed E-state index contributed by atoms with van der Waals surface area (Å²) in [6.07, 6.45) is 2.51. The lowest BCUT2D eigenvalue weighted by Crippen LogP contribution is -2.42. The molecule has 0 radical (unpaired) electrons. The van der Waals surface area contributed by atoms with E-state index < -0.39 is 0 Å². The number of carbonyl (C=O) groups excluding carboxylic acids is 2. The number of nitrogens with one attached hydrogen (secondary N) is 1. The Morgan fingerprint density at radius 1 is 0.806 bits per heavy atom. The zero-order valence-electron chi connectivity index (χ0n) is 21.9. The summed E-state index contributed by atoms with van der Waals surface area (Å²) in [5.74, 6) is 1.08. The van der Waals surface area contributed by atoms with Crippen LogP contribution in [0.3, 0.4) is 0 Å². The second-order valence-electron chi connectivity index (χ2n) is 11.9.